The van der Waals surface area contributed by atoms with Gasteiger partial charge < -0.3 is 4.90 Å². The highest BCUT2D eigenvalue weighted by atomic mass is 35.5. The first-order chi connectivity index (χ1) is 15.0. The Balaban J connectivity index is 1.56. The molecule has 4 rings (SSSR count). The first kappa shape index (κ1) is 21.6. The number of carbonyl (C=O) groups excluding carboxylic acids is 1. The van der Waals surface area contributed by atoms with E-state index >= 15 is 0 Å². The summed E-state index contributed by atoms with van der Waals surface area (Å²) < 4.78 is 1.71. The Bertz CT molecular complexity index is 1050. The average molecular weight is 437 g/mol. The number of hydrogen-bond donors (Lipinski definition) is 0. The highest BCUT2D eigenvalue weighted by molar-refractivity contribution is 6.33. The van der Waals surface area contributed by atoms with Gasteiger partial charge in [0.15, 0.2) is 5.69 Å². The fourth-order valence-corrected chi connectivity index (χ4v) is 4.55. The Morgan fingerprint density at radius 2 is 1.77 bits per heavy atom. The van der Waals surface area contributed by atoms with Crippen LogP contribution < -0.4 is 0 Å². The Morgan fingerprint density at radius 1 is 1.06 bits per heavy atom. The van der Waals surface area contributed by atoms with Crippen LogP contribution in [0.4, 0.5) is 0 Å². The number of amides is 1. The third-order valence-electron chi connectivity index (χ3n) is 6.05. The van der Waals surface area contributed by atoms with Crippen molar-refractivity contribution >= 4 is 17.5 Å². The maximum Gasteiger partial charge on any atom is 0.276 e. The van der Waals surface area contributed by atoms with Crippen molar-refractivity contribution in [1.29, 1.82) is 0 Å². The van der Waals surface area contributed by atoms with Gasteiger partial charge in [0.25, 0.3) is 5.91 Å². The monoisotopic (exact) mass is 436 g/mol. The molecular formula is C25H29ClN4O. The second kappa shape index (κ2) is 9.25. The molecule has 1 aliphatic heterocycles. The molecule has 1 fully saturated rings. The molecule has 0 bridgehead atoms. The number of aryl methyl sites for hydroxylation is 3. The molecule has 2 aromatic carbocycles. The predicted octanol–water partition coefficient (Wildman–Crippen LogP) is 4.72. The van der Waals surface area contributed by atoms with E-state index in [1.807, 2.05) is 11.8 Å². The molecule has 1 aromatic heterocycles. The van der Waals surface area contributed by atoms with Crippen LogP contribution >= 0.6 is 11.6 Å². The molecule has 1 atom stereocenters. The molecule has 0 spiro atoms. The summed E-state index contributed by atoms with van der Waals surface area (Å²) in [5.41, 5.74) is 5.51. The smallest absolute Gasteiger partial charge is 0.276 e. The van der Waals surface area contributed by atoms with Crippen LogP contribution in [0.15, 0.2) is 54.7 Å². The van der Waals surface area contributed by atoms with E-state index in [9.17, 15) is 4.79 Å². The van der Waals surface area contributed by atoms with Crippen molar-refractivity contribution in [2.24, 2.45) is 0 Å². The van der Waals surface area contributed by atoms with Crippen molar-refractivity contribution in [1.82, 2.24) is 19.6 Å². The molecule has 162 valence electrons. The molecule has 5 nitrogen and oxygen atoms in total. The molecule has 0 radical (unpaired) electrons. The number of carbonyl (C=O) groups is 1. The Kier molecular flexibility index (Phi) is 6.44. The molecule has 2 heterocycles. The first-order valence-corrected chi connectivity index (χ1v) is 11.2. The summed E-state index contributed by atoms with van der Waals surface area (Å²) in [6.45, 7) is 9.89. The summed E-state index contributed by atoms with van der Waals surface area (Å²) in [5.74, 6) is -0.0835. The zero-order valence-corrected chi connectivity index (χ0v) is 19.1. The van der Waals surface area contributed by atoms with Gasteiger partial charge in [-0.15, -0.1) is 0 Å². The summed E-state index contributed by atoms with van der Waals surface area (Å²) in [7, 11) is 0. The Hall–Kier alpha value is -2.63. The van der Waals surface area contributed by atoms with Crippen LogP contribution in [-0.2, 0) is 6.54 Å². The van der Waals surface area contributed by atoms with Crippen molar-refractivity contribution in [2.75, 3.05) is 26.2 Å². The number of rotatable bonds is 5. The van der Waals surface area contributed by atoms with Gasteiger partial charge in [-0.3, -0.25) is 14.4 Å². The maximum absolute atomic E-state index is 13.0. The molecule has 3 aromatic rings. The summed E-state index contributed by atoms with van der Waals surface area (Å²) >= 11 is 6.27. The van der Waals surface area contributed by atoms with Crippen molar-refractivity contribution in [3.63, 3.8) is 0 Å². The van der Waals surface area contributed by atoms with Crippen LogP contribution in [0, 0.1) is 13.8 Å². The fraction of sp³-hybridized carbons (Fsp3) is 0.360. The topological polar surface area (TPSA) is 41.4 Å². The zero-order chi connectivity index (χ0) is 22.0. The minimum atomic E-state index is -0.0835. The lowest BCUT2D eigenvalue weighted by Crippen LogP contribution is -2.50. The van der Waals surface area contributed by atoms with Gasteiger partial charge in [0.2, 0.25) is 0 Å². The van der Waals surface area contributed by atoms with Crippen LogP contribution in [0.25, 0.3) is 0 Å². The number of benzene rings is 2. The van der Waals surface area contributed by atoms with Gasteiger partial charge in [-0.2, -0.15) is 5.10 Å². The van der Waals surface area contributed by atoms with E-state index in [1.54, 1.807) is 10.9 Å². The molecule has 0 unspecified atom stereocenters. The highest BCUT2D eigenvalue weighted by Crippen LogP contribution is 2.32. The quantitative estimate of drug-likeness (QED) is 0.581. The normalized spacial score (nSPS) is 15.8. The molecule has 1 aliphatic rings. The van der Waals surface area contributed by atoms with E-state index in [1.165, 1.54) is 22.3 Å². The molecule has 1 saturated heterocycles. The highest BCUT2D eigenvalue weighted by Gasteiger charge is 2.30. The van der Waals surface area contributed by atoms with Gasteiger partial charge in [0, 0.05) is 38.9 Å². The zero-order valence-electron chi connectivity index (χ0n) is 18.4. The lowest BCUT2D eigenvalue weighted by atomic mass is 9.92. The average Bonchev–Trinajstić information content (AvgIpc) is 3.18. The van der Waals surface area contributed by atoms with Crippen LogP contribution in [0.5, 0.6) is 0 Å². The van der Waals surface area contributed by atoms with Crippen LogP contribution in [0.2, 0.25) is 5.02 Å². The standard InChI is InChI=1S/C25H29ClN4O/c1-4-30-17-22(26)23(27-30)25(31)29-14-12-28(13-15-29)24(20-8-6-5-7-9-20)21-16-18(2)10-11-19(21)3/h5-11,16-17,24H,4,12-15H2,1-3H3/t24-/m1/s1. The summed E-state index contributed by atoms with van der Waals surface area (Å²) in [6, 6.07) is 17.5. The fourth-order valence-electron chi connectivity index (χ4n) is 4.31. The number of nitrogens with zero attached hydrogens (tertiary/aromatic N) is 4. The number of aromatic nitrogens is 2. The van der Waals surface area contributed by atoms with Crippen molar-refractivity contribution in [3.8, 4) is 0 Å². The van der Waals surface area contributed by atoms with Gasteiger partial charge in [0.1, 0.15) is 0 Å². The van der Waals surface area contributed by atoms with Gasteiger partial charge in [-0.25, -0.2) is 0 Å². The summed E-state index contributed by atoms with van der Waals surface area (Å²) in [4.78, 5) is 17.4. The molecule has 0 aliphatic carbocycles. The third-order valence-corrected chi connectivity index (χ3v) is 6.33. The van der Waals surface area contributed by atoms with Crippen LogP contribution in [0.3, 0.4) is 0 Å². The Morgan fingerprint density at radius 3 is 2.42 bits per heavy atom. The van der Waals surface area contributed by atoms with Crippen molar-refractivity contribution in [2.45, 2.75) is 33.4 Å². The van der Waals surface area contributed by atoms with Gasteiger partial charge >= 0.3 is 0 Å². The number of halogens is 1. The second-order valence-electron chi connectivity index (χ2n) is 8.18. The lowest BCUT2D eigenvalue weighted by Gasteiger charge is -2.40. The van der Waals surface area contributed by atoms with E-state index in [0.29, 0.717) is 30.4 Å². The molecule has 0 saturated carbocycles. The van der Waals surface area contributed by atoms with Crippen LogP contribution in [-0.4, -0.2) is 51.7 Å². The molecule has 6 heteroatoms. The van der Waals surface area contributed by atoms with E-state index in [0.717, 1.165) is 13.1 Å². The lowest BCUT2D eigenvalue weighted by molar-refractivity contribution is 0.0590. The maximum atomic E-state index is 13.0. The van der Waals surface area contributed by atoms with E-state index in [2.05, 4.69) is 72.4 Å². The number of hydrogen-bond acceptors (Lipinski definition) is 3. The van der Waals surface area contributed by atoms with Gasteiger partial charge in [0.05, 0.1) is 11.1 Å². The largest absolute Gasteiger partial charge is 0.335 e. The molecule has 0 N–H and O–H groups in total. The predicted molar refractivity (Wildman–Crippen MR) is 125 cm³/mol. The second-order valence-corrected chi connectivity index (χ2v) is 8.59. The summed E-state index contributed by atoms with van der Waals surface area (Å²) in [6.07, 6.45) is 1.72. The van der Waals surface area contributed by atoms with Gasteiger partial charge in [-0.1, -0.05) is 65.7 Å². The van der Waals surface area contributed by atoms with Crippen molar-refractivity contribution in [3.05, 3.63) is 87.7 Å². The van der Waals surface area contributed by atoms with Gasteiger partial charge in [-0.05, 0) is 37.5 Å². The molecule has 1 amide bonds. The van der Waals surface area contributed by atoms with E-state index in [-0.39, 0.29) is 11.9 Å². The number of piperazine rings is 1. The SMILES string of the molecule is CCn1cc(Cl)c(C(=O)N2CCN([C@H](c3ccccc3)c3cc(C)ccc3C)CC2)n1. The third kappa shape index (κ3) is 4.53. The van der Waals surface area contributed by atoms with Crippen LogP contribution in [0.1, 0.15) is 45.7 Å². The summed E-state index contributed by atoms with van der Waals surface area (Å²) in [5, 5.41) is 4.78. The molecular weight excluding hydrogens is 408 g/mol. The Labute approximate surface area is 189 Å². The van der Waals surface area contributed by atoms with E-state index in [4.69, 9.17) is 11.6 Å². The van der Waals surface area contributed by atoms with Crippen molar-refractivity contribution < 1.29 is 4.79 Å². The minimum absolute atomic E-state index is 0.0835. The first-order valence-electron chi connectivity index (χ1n) is 10.9. The minimum Gasteiger partial charge on any atom is -0.335 e. The molecule has 31 heavy (non-hydrogen) atoms. The van der Waals surface area contributed by atoms with E-state index < -0.39 is 0 Å².